The van der Waals surface area contributed by atoms with Gasteiger partial charge in [0.15, 0.2) is 0 Å². The Morgan fingerprint density at radius 3 is 2.68 bits per heavy atom. The van der Waals surface area contributed by atoms with E-state index in [1.54, 1.807) is 0 Å². The number of carboxylic acid groups (broad SMARTS) is 1. The van der Waals surface area contributed by atoms with Crippen molar-refractivity contribution in [2.75, 3.05) is 0 Å². The van der Waals surface area contributed by atoms with Crippen LogP contribution in [0.2, 0.25) is 0 Å². The molecule has 0 atom stereocenters. The maximum absolute atomic E-state index is 10.7. The first-order valence-corrected chi connectivity index (χ1v) is 5.71. The van der Waals surface area contributed by atoms with Gasteiger partial charge < -0.3 is 14.3 Å². The quantitative estimate of drug-likeness (QED) is 0.681. The predicted molar refractivity (Wildman–Crippen MR) is 66.5 cm³/mol. The van der Waals surface area contributed by atoms with Crippen molar-refractivity contribution >= 4 is 27.6 Å². The molecule has 0 aliphatic heterocycles. The minimum Gasteiger partial charge on any atom is -0.475 e. The van der Waals surface area contributed by atoms with E-state index in [0.717, 1.165) is 0 Å². The fourth-order valence-corrected chi connectivity index (χ4v) is 1.78. The molecule has 2 aromatic rings. The molecule has 0 unspecified atom stereocenters. The number of carbonyl (C=O) groups is 1. The Morgan fingerprint density at radius 1 is 1.37 bits per heavy atom. The molecule has 0 saturated heterocycles. The van der Waals surface area contributed by atoms with Crippen LogP contribution in [0.1, 0.15) is 10.6 Å². The predicted octanol–water partition coefficient (Wildman–Crippen LogP) is 3.44. The van der Waals surface area contributed by atoms with E-state index in [0.29, 0.717) is 4.47 Å². The minimum absolute atomic E-state index is 0.0650. The van der Waals surface area contributed by atoms with Crippen LogP contribution in [0, 0.1) is 10.1 Å². The van der Waals surface area contributed by atoms with Crippen molar-refractivity contribution in [3.8, 4) is 11.7 Å². The molecule has 0 radical (unpaired) electrons. The van der Waals surface area contributed by atoms with Gasteiger partial charge in [-0.05, 0) is 12.1 Å². The zero-order valence-corrected chi connectivity index (χ0v) is 10.8. The number of hydrogen-bond acceptors (Lipinski definition) is 5. The second-order valence-electron chi connectivity index (χ2n) is 3.43. The van der Waals surface area contributed by atoms with Gasteiger partial charge in [0, 0.05) is 16.6 Å². The first-order valence-electron chi connectivity index (χ1n) is 4.91. The largest absolute Gasteiger partial charge is 0.475 e. The number of non-ortho nitro benzene ring substituents is 1. The lowest BCUT2D eigenvalue weighted by molar-refractivity contribution is -0.385. The highest BCUT2D eigenvalue weighted by molar-refractivity contribution is 9.10. The number of halogens is 1. The lowest BCUT2D eigenvalue weighted by atomic mass is 10.3. The molecule has 0 fully saturated rings. The van der Waals surface area contributed by atoms with Crippen molar-refractivity contribution in [3.63, 3.8) is 0 Å². The van der Waals surface area contributed by atoms with Gasteiger partial charge in [0.05, 0.1) is 11.0 Å². The summed E-state index contributed by atoms with van der Waals surface area (Å²) in [5, 5.41) is 19.4. The third-order valence-electron chi connectivity index (χ3n) is 2.08. The minimum atomic E-state index is -1.23. The summed E-state index contributed by atoms with van der Waals surface area (Å²) < 4.78 is 10.6. The average Bonchev–Trinajstić information content (AvgIpc) is 2.76. The van der Waals surface area contributed by atoms with E-state index in [9.17, 15) is 14.9 Å². The van der Waals surface area contributed by atoms with Gasteiger partial charge in [-0.3, -0.25) is 10.1 Å². The summed E-state index contributed by atoms with van der Waals surface area (Å²) in [6, 6.07) is 6.56. The van der Waals surface area contributed by atoms with Crippen molar-refractivity contribution in [1.29, 1.82) is 0 Å². The van der Waals surface area contributed by atoms with Gasteiger partial charge in [-0.2, -0.15) is 0 Å². The Bertz CT molecular complexity index is 650. The van der Waals surface area contributed by atoms with Gasteiger partial charge >= 0.3 is 5.97 Å². The second-order valence-corrected chi connectivity index (χ2v) is 4.34. The number of nitro benzene ring substituents is 1. The fourth-order valence-electron chi connectivity index (χ4n) is 1.32. The molecule has 2 rings (SSSR count). The maximum Gasteiger partial charge on any atom is 0.371 e. The number of ether oxygens (including phenoxy) is 1. The molecule has 0 saturated carbocycles. The SMILES string of the molecule is O=C(O)c1ccc(Oc2cc(Br)cc([N+](=O)[O-])c2)o1. The molecule has 0 spiro atoms. The number of nitrogens with zero attached hydrogens (tertiary/aromatic N) is 1. The number of carboxylic acids is 1. The van der Waals surface area contributed by atoms with Crippen molar-refractivity contribution in [2.24, 2.45) is 0 Å². The van der Waals surface area contributed by atoms with Crippen LogP contribution >= 0.6 is 15.9 Å². The maximum atomic E-state index is 10.7. The summed E-state index contributed by atoms with van der Waals surface area (Å²) in [6.07, 6.45) is 0. The average molecular weight is 328 g/mol. The number of furan rings is 1. The van der Waals surface area contributed by atoms with E-state index in [4.69, 9.17) is 14.3 Å². The normalized spacial score (nSPS) is 10.2. The van der Waals surface area contributed by atoms with Crippen molar-refractivity contribution in [1.82, 2.24) is 0 Å². The number of nitro groups is 1. The molecule has 0 amide bonds. The summed E-state index contributed by atoms with van der Waals surface area (Å²) in [5.74, 6) is -1.41. The molecule has 8 heteroatoms. The molecular weight excluding hydrogens is 322 g/mol. The molecule has 0 bridgehead atoms. The van der Waals surface area contributed by atoms with Crippen LogP contribution in [0.5, 0.6) is 11.7 Å². The van der Waals surface area contributed by atoms with Crippen LogP contribution in [-0.4, -0.2) is 16.0 Å². The van der Waals surface area contributed by atoms with Crippen LogP contribution in [0.4, 0.5) is 5.69 Å². The van der Waals surface area contributed by atoms with E-state index in [1.807, 2.05) is 0 Å². The zero-order valence-electron chi connectivity index (χ0n) is 9.20. The first-order chi connectivity index (χ1) is 8.95. The lowest BCUT2D eigenvalue weighted by Crippen LogP contribution is -1.92. The number of hydrogen-bond donors (Lipinski definition) is 1. The fraction of sp³-hybridized carbons (Fsp3) is 0. The molecule has 1 aromatic heterocycles. The van der Waals surface area contributed by atoms with Crippen molar-refractivity contribution in [3.05, 3.63) is 50.7 Å². The van der Waals surface area contributed by atoms with Gasteiger partial charge in [-0.15, -0.1) is 0 Å². The number of benzene rings is 1. The Morgan fingerprint density at radius 2 is 2.11 bits per heavy atom. The Balaban J connectivity index is 2.27. The van der Waals surface area contributed by atoms with Crippen molar-refractivity contribution in [2.45, 2.75) is 0 Å². The van der Waals surface area contributed by atoms with Crippen LogP contribution < -0.4 is 4.74 Å². The third kappa shape index (κ3) is 3.10. The first kappa shape index (κ1) is 13.1. The highest BCUT2D eigenvalue weighted by Gasteiger charge is 2.13. The highest BCUT2D eigenvalue weighted by Crippen LogP contribution is 2.30. The smallest absolute Gasteiger partial charge is 0.371 e. The molecule has 98 valence electrons. The molecule has 1 N–H and O–H groups in total. The molecule has 0 aliphatic carbocycles. The Labute approximate surface area is 114 Å². The van der Waals surface area contributed by atoms with Gasteiger partial charge in [0.1, 0.15) is 5.75 Å². The summed E-state index contributed by atoms with van der Waals surface area (Å²) in [6.45, 7) is 0. The summed E-state index contributed by atoms with van der Waals surface area (Å²) in [7, 11) is 0. The van der Waals surface area contributed by atoms with E-state index in [-0.39, 0.29) is 23.1 Å². The van der Waals surface area contributed by atoms with Gasteiger partial charge in [-0.25, -0.2) is 4.79 Å². The second kappa shape index (κ2) is 5.11. The van der Waals surface area contributed by atoms with E-state index in [2.05, 4.69) is 15.9 Å². The highest BCUT2D eigenvalue weighted by atomic mass is 79.9. The van der Waals surface area contributed by atoms with Gasteiger partial charge in [-0.1, -0.05) is 15.9 Å². The van der Waals surface area contributed by atoms with Gasteiger partial charge in [0.25, 0.3) is 11.6 Å². The van der Waals surface area contributed by atoms with Crippen molar-refractivity contribution < 1.29 is 24.0 Å². The molecule has 1 heterocycles. The molecular formula is C11H6BrNO6. The third-order valence-corrected chi connectivity index (χ3v) is 2.54. The monoisotopic (exact) mass is 327 g/mol. The Kier molecular flexibility index (Phi) is 3.52. The molecule has 7 nitrogen and oxygen atoms in total. The number of rotatable bonds is 4. The van der Waals surface area contributed by atoms with Crippen LogP contribution in [0.25, 0.3) is 0 Å². The molecule has 0 aliphatic rings. The van der Waals surface area contributed by atoms with Crippen LogP contribution in [0.15, 0.2) is 39.2 Å². The van der Waals surface area contributed by atoms with Crippen LogP contribution in [0.3, 0.4) is 0 Å². The summed E-state index contributed by atoms with van der Waals surface area (Å²) >= 11 is 3.11. The standard InChI is InChI=1S/C11H6BrNO6/c12-6-3-7(13(16)17)5-8(4-6)18-10-2-1-9(19-10)11(14)15/h1-5H,(H,14,15). The van der Waals surface area contributed by atoms with Gasteiger partial charge in [0.2, 0.25) is 5.76 Å². The molecule has 19 heavy (non-hydrogen) atoms. The van der Waals surface area contributed by atoms with E-state index >= 15 is 0 Å². The van der Waals surface area contributed by atoms with E-state index in [1.165, 1.54) is 30.3 Å². The molecule has 1 aromatic carbocycles. The lowest BCUT2D eigenvalue weighted by Gasteiger charge is -2.02. The Hall–Kier alpha value is -2.35. The summed E-state index contributed by atoms with van der Waals surface area (Å²) in [4.78, 5) is 20.7. The zero-order chi connectivity index (χ0) is 14.0. The number of aromatic carboxylic acids is 1. The van der Waals surface area contributed by atoms with Crippen LogP contribution in [-0.2, 0) is 0 Å². The topological polar surface area (TPSA) is 103 Å². The summed E-state index contributed by atoms with van der Waals surface area (Å²) in [5.41, 5.74) is -0.158. The van der Waals surface area contributed by atoms with E-state index < -0.39 is 10.9 Å².